The van der Waals surface area contributed by atoms with Gasteiger partial charge < -0.3 is 24.6 Å². The van der Waals surface area contributed by atoms with Crippen LogP contribution in [-0.2, 0) is 13.1 Å². The van der Waals surface area contributed by atoms with E-state index < -0.39 is 23.2 Å². The van der Waals surface area contributed by atoms with Crippen LogP contribution in [0.2, 0.25) is 0 Å². The molecular weight excluding hydrogens is 488 g/mol. The fraction of sp³-hybridized carbons (Fsp3) is 0.321. The lowest BCUT2D eigenvalue weighted by atomic mass is 9.83. The number of nitrogens with zero attached hydrogens (tertiary/aromatic N) is 3. The van der Waals surface area contributed by atoms with Crippen molar-refractivity contribution in [1.29, 1.82) is 0 Å². The summed E-state index contributed by atoms with van der Waals surface area (Å²) in [6, 6.07) is 13.3. The van der Waals surface area contributed by atoms with Crippen molar-refractivity contribution >= 4 is 12.1 Å². The second-order valence-corrected chi connectivity index (χ2v) is 9.75. The minimum absolute atomic E-state index is 0.0539. The predicted molar refractivity (Wildman–Crippen MR) is 141 cm³/mol. The summed E-state index contributed by atoms with van der Waals surface area (Å²) >= 11 is 0. The summed E-state index contributed by atoms with van der Waals surface area (Å²) in [6.07, 6.45) is 2.59. The summed E-state index contributed by atoms with van der Waals surface area (Å²) in [5.74, 6) is -1.04. The lowest BCUT2D eigenvalue weighted by molar-refractivity contribution is 0.0954. The van der Waals surface area contributed by atoms with Crippen LogP contribution in [0.4, 0.5) is 0 Å². The fourth-order valence-corrected chi connectivity index (χ4v) is 5.43. The smallest absolute Gasteiger partial charge is 0.271 e. The number of hydrogen-bond donors (Lipinski definition) is 4. The van der Waals surface area contributed by atoms with E-state index in [4.69, 9.17) is 4.74 Å². The van der Waals surface area contributed by atoms with Gasteiger partial charge in [0.1, 0.15) is 5.75 Å². The molecule has 2 atom stereocenters. The Labute approximate surface area is 219 Å². The molecule has 1 fully saturated rings. The molecule has 4 N–H and O–H groups in total. The number of hydrazone groups is 1. The minimum atomic E-state index is -0.692. The molecule has 1 aromatic heterocycles. The van der Waals surface area contributed by atoms with Crippen LogP contribution in [0.25, 0.3) is 0 Å². The molecule has 10 heteroatoms. The summed E-state index contributed by atoms with van der Waals surface area (Å²) in [5.41, 5.74) is 5.24. The lowest BCUT2D eigenvalue weighted by Gasteiger charge is -2.43. The first-order valence-corrected chi connectivity index (χ1v) is 12.6. The SMILES string of the molecule is CCOc1ccc(/C=N/NC(=O)c2cc(O)c(O)c(O)c2)cc1CN1CC2CC(C1)c1cccc(=O)n1C2. The molecule has 0 aliphatic carbocycles. The third kappa shape index (κ3) is 5.21. The van der Waals surface area contributed by atoms with Gasteiger partial charge in [0.15, 0.2) is 17.2 Å². The number of phenolic OH excluding ortho intramolecular Hbond substituents is 3. The number of phenols is 3. The van der Waals surface area contributed by atoms with Crippen LogP contribution in [0.5, 0.6) is 23.0 Å². The zero-order valence-electron chi connectivity index (χ0n) is 21.0. The van der Waals surface area contributed by atoms with Gasteiger partial charge in [-0.1, -0.05) is 6.07 Å². The third-order valence-corrected chi connectivity index (χ3v) is 7.05. The van der Waals surface area contributed by atoms with Crippen molar-refractivity contribution in [2.24, 2.45) is 11.0 Å². The molecule has 198 valence electrons. The second-order valence-electron chi connectivity index (χ2n) is 9.75. The van der Waals surface area contributed by atoms with Crippen molar-refractivity contribution in [1.82, 2.24) is 14.9 Å². The van der Waals surface area contributed by atoms with E-state index in [-0.39, 0.29) is 11.1 Å². The van der Waals surface area contributed by atoms with Gasteiger partial charge in [-0.3, -0.25) is 14.5 Å². The van der Waals surface area contributed by atoms with Gasteiger partial charge in [-0.25, -0.2) is 5.43 Å². The van der Waals surface area contributed by atoms with Crippen LogP contribution in [0, 0.1) is 5.92 Å². The molecule has 0 spiro atoms. The van der Waals surface area contributed by atoms with E-state index in [2.05, 4.69) is 21.5 Å². The molecule has 38 heavy (non-hydrogen) atoms. The Kier molecular flexibility index (Phi) is 7.06. The van der Waals surface area contributed by atoms with E-state index in [9.17, 15) is 24.9 Å². The predicted octanol–water partition coefficient (Wildman–Crippen LogP) is 2.75. The highest BCUT2D eigenvalue weighted by atomic mass is 16.5. The van der Waals surface area contributed by atoms with E-state index in [1.165, 1.54) is 6.21 Å². The molecule has 2 aliphatic rings. The highest BCUT2D eigenvalue weighted by Gasteiger charge is 2.34. The van der Waals surface area contributed by atoms with Gasteiger partial charge in [-0.05, 0) is 61.2 Å². The molecule has 10 nitrogen and oxygen atoms in total. The number of nitrogens with one attached hydrogen (secondary N) is 1. The maximum Gasteiger partial charge on any atom is 0.271 e. The average molecular weight is 519 g/mol. The van der Waals surface area contributed by atoms with E-state index in [1.54, 1.807) is 6.07 Å². The number of amides is 1. The summed E-state index contributed by atoms with van der Waals surface area (Å²) in [5, 5.41) is 32.7. The Bertz CT molecular complexity index is 1430. The third-order valence-electron chi connectivity index (χ3n) is 7.05. The van der Waals surface area contributed by atoms with Crippen molar-refractivity contribution in [2.45, 2.75) is 32.4 Å². The van der Waals surface area contributed by atoms with Crippen LogP contribution in [0.15, 0.2) is 58.4 Å². The Balaban J connectivity index is 1.30. The van der Waals surface area contributed by atoms with Crippen LogP contribution >= 0.6 is 0 Å². The summed E-state index contributed by atoms with van der Waals surface area (Å²) < 4.78 is 7.80. The zero-order valence-corrected chi connectivity index (χ0v) is 21.0. The van der Waals surface area contributed by atoms with Crippen molar-refractivity contribution < 1.29 is 24.9 Å². The average Bonchev–Trinajstić information content (AvgIpc) is 2.89. The maximum atomic E-state index is 12.3. The Morgan fingerprint density at radius 1 is 1.11 bits per heavy atom. The number of piperidine rings is 1. The molecule has 3 aromatic rings. The number of fused-ring (bicyclic) bond motifs is 4. The molecule has 2 aromatic carbocycles. The van der Waals surface area contributed by atoms with Crippen molar-refractivity contribution in [3.63, 3.8) is 0 Å². The van der Waals surface area contributed by atoms with Crippen LogP contribution in [0.3, 0.4) is 0 Å². The van der Waals surface area contributed by atoms with E-state index in [0.29, 0.717) is 25.0 Å². The number of hydrogen-bond acceptors (Lipinski definition) is 8. The number of carbonyl (C=O) groups is 1. The van der Waals surface area contributed by atoms with Gasteiger partial charge in [0, 0.05) is 55.0 Å². The molecule has 1 amide bonds. The zero-order chi connectivity index (χ0) is 26.8. The number of rotatable bonds is 7. The normalized spacial score (nSPS) is 18.8. The molecule has 5 rings (SSSR count). The molecular formula is C28H30N4O6. The summed E-state index contributed by atoms with van der Waals surface area (Å²) in [4.78, 5) is 27.1. The quantitative estimate of drug-likeness (QED) is 0.214. The number of aromatic nitrogens is 1. The molecule has 0 saturated carbocycles. The summed E-state index contributed by atoms with van der Waals surface area (Å²) in [6.45, 7) is 5.64. The largest absolute Gasteiger partial charge is 0.504 e. The molecule has 0 radical (unpaired) electrons. The Hall–Kier alpha value is -4.31. The first-order valence-electron chi connectivity index (χ1n) is 12.6. The monoisotopic (exact) mass is 518 g/mol. The van der Waals surface area contributed by atoms with Gasteiger partial charge in [-0.15, -0.1) is 0 Å². The Morgan fingerprint density at radius 2 is 1.89 bits per heavy atom. The summed E-state index contributed by atoms with van der Waals surface area (Å²) in [7, 11) is 0. The number of ether oxygens (including phenoxy) is 1. The highest BCUT2D eigenvalue weighted by Crippen LogP contribution is 2.37. The minimum Gasteiger partial charge on any atom is -0.504 e. The number of carbonyl (C=O) groups excluding carboxylic acids is 1. The second kappa shape index (κ2) is 10.6. The molecule has 1 saturated heterocycles. The number of aromatic hydroxyl groups is 3. The maximum absolute atomic E-state index is 12.3. The van der Waals surface area contributed by atoms with E-state index >= 15 is 0 Å². The molecule has 2 aliphatic heterocycles. The van der Waals surface area contributed by atoms with Crippen LogP contribution in [-0.4, -0.2) is 56.6 Å². The van der Waals surface area contributed by atoms with Gasteiger partial charge in [0.2, 0.25) is 0 Å². The standard InChI is InChI=1S/C28H30N4O6/c1-2-38-25-7-6-17(12-29-30-28(37)19-10-23(33)27(36)24(34)11-19)8-21(25)16-31-13-18-9-20(15-31)22-4-3-5-26(35)32(22)14-18/h3-8,10-12,18,20,33-34,36H,2,9,13-16H2,1H3,(H,30,37)/b29-12+. The topological polar surface area (TPSA) is 137 Å². The highest BCUT2D eigenvalue weighted by molar-refractivity contribution is 5.96. The van der Waals surface area contributed by atoms with Crippen LogP contribution in [0.1, 0.15) is 46.4 Å². The first kappa shape index (κ1) is 25.3. The van der Waals surface area contributed by atoms with E-state index in [1.807, 2.05) is 35.8 Å². The van der Waals surface area contributed by atoms with Gasteiger partial charge in [0.25, 0.3) is 11.5 Å². The van der Waals surface area contributed by atoms with Crippen molar-refractivity contribution in [3.05, 3.63) is 81.3 Å². The Morgan fingerprint density at radius 3 is 2.66 bits per heavy atom. The van der Waals surface area contributed by atoms with Gasteiger partial charge in [-0.2, -0.15) is 5.10 Å². The number of likely N-dealkylation sites (tertiary alicyclic amines) is 1. The molecule has 2 bridgehead atoms. The lowest BCUT2D eigenvalue weighted by Crippen LogP contribution is -2.46. The van der Waals surface area contributed by atoms with Crippen molar-refractivity contribution in [2.75, 3.05) is 19.7 Å². The van der Waals surface area contributed by atoms with Crippen molar-refractivity contribution in [3.8, 4) is 23.0 Å². The number of pyridine rings is 1. The van der Waals surface area contributed by atoms with Crippen LogP contribution < -0.4 is 15.7 Å². The van der Waals surface area contributed by atoms with Gasteiger partial charge >= 0.3 is 0 Å². The molecule has 2 unspecified atom stereocenters. The number of benzene rings is 2. The molecule has 3 heterocycles. The van der Waals surface area contributed by atoms with Gasteiger partial charge in [0.05, 0.1) is 12.8 Å². The first-order chi connectivity index (χ1) is 18.3. The fourth-order valence-electron chi connectivity index (χ4n) is 5.43. The van der Waals surface area contributed by atoms with E-state index in [0.717, 1.165) is 60.8 Å².